The summed E-state index contributed by atoms with van der Waals surface area (Å²) in [6.07, 6.45) is 0. The Balaban J connectivity index is 1.76. The molecule has 0 unspecified atom stereocenters. The highest BCUT2D eigenvalue weighted by Gasteiger charge is 2.08. The molecule has 0 saturated carbocycles. The number of carbonyl (C=O) groups excluding carboxylic acids is 1. The summed E-state index contributed by atoms with van der Waals surface area (Å²) in [5, 5.41) is 12.8. The van der Waals surface area contributed by atoms with Crippen LogP contribution >= 0.6 is 35.0 Å². The minimum absolute atomic E-state index is 0.106. The SMILES string of the molecule is O=C(CSCc1c(Cl)cccc1Cl)NCc1ccc(C(=O)O)cc1. The minimum atomic E-state index is -0.972. The summed E-state index contributed by atoms with van der Waals surface area (Å²) >= 11 is 13.6. The van der Waals surface area contributed by atoms with Gasteiger partial charge in [0.15, 0.2) is 0 Å². The number of carboxylic acids is 1. The van der Waals surface area contributed by atoms with Crippen LogP contribution in [0, 0.1) is 0 Å². The molecule has 24 heavy (non-hydrogen) atoms. The first-order valence-electron chi connectivity index (χ1n) is 7.07. The maximum Gasteiger partial charge on any atom is 0.335 e. The number of hydrogen-bond acceptors (Lipinski definition) is 3. The first kappa shape index (κ1) is 18.6. The molecule has 126 valence electrons. The molecule has 4 nitrogen and oxygen atoms in total. The zero-order valence-electron chi connectivity index (χ0n) is 12.6. The number of hydrogen-bond donors (Lipinski definition) is 2. The quantitative estimate of drug-likeness (QED) is 0.750. The van der Waals surface area contributed by atoms with E-state index in [1.165, 1.54) is 23.9 Å². The molecule has 2 N–H and O–H groups in total. The predicted molar refractivity (Wildman–Crippen MR) is 97.9 cm³/mol. The normalized spacial score (nSPS) is 10.4. The molecule has 0 bridgehead atoms. The Kier molecular flexibility index (Phi) is 6.97. The van der Waals surface area contributed by atoms with E-state index in [9.17, 15) is 9.59 Å². The number of aromatic carboxylic acids is 1. The molecule has 1 amide bonds. The number of thioether (sulfide) groups is 1. The summed E-state index contributed by atoms with van der Waals surface area (Å²) in [5.41, 5.74) is 1.88. The van der Waals surface area contributed by atoms with Crippen LogP contribution in [0.1, 0.15) is 21.5 Å². The predicted octanol–water partition coefficient (Wildman–Crippen LogP) is 4.24. The molecule has 0 atom stereocenters. The fraction of sp³-hybridized carbons (Fsp3) is 0.176. The van der Waals surface area contributed by atoms with Crippen LogP contribution in [-0.4, -0.2) is 22.7 Å². The monoisotopic (exact) mass is 383 g/mol. The van der Waals surface area contributed by atoms with Gasteiger partial charge in [-0.25, -0.2) is 4.79 Å². The van der Waals surface area contributed by atoms with Gasteiger partial charge in [-0.05, 0) is 35.4 Å². The fourth-order valence-corrected chi connectivity index (χ4v) is 3.53. The van der Waals surface area contributed by atoms with Crippen LogP contribution in [0.15, 0.2) is 42.5 Å². The number of amides is 1. The first-order valence-corrected chi connectivity index (χ1v) is 8.98. The molecule has 2 aromatic carbocycles. The summed E-state index contributed by atoms with van der Waals surface area (Å²) in [7, 11) is 0. The second-order valence-electron chi connectivity index (χ2n) is 4.97. The van der Waals surface area contributed by atoms with Gasteiger partial charge in [0.2, 0.25) is 5.91 Å². The third kappa shape index (κ3) is 5.44. The lowest BCUT2D eigenvalue weighted by Crippen LogP contribution is -2.24. The Morgan fingerprint density at radius 1 is 1.04 bits per heavy atom. The summed E-state index contributed by atoms with van der Waals surface area (Å²) in [5.74, 6) is -0.237. The van der Waals surface area contributed by atoms with E-state index in [2.05, 4.69) is 5.32 Å². The van der Waals surface area contributed by atoms with Crippen molar-refractivity contribution in [3.8, 4) is 0 Å². The number of carbonyl (C=O) groups is 2. The van der Waals surface area contributed by atoms with E-state index >= 15 is 0 Å². The maximum absolute atomic E-state index is 11.9. The largest absolute Gasteiger partial charge is 0.478 e. The van der Waals surface area contributed by atoms with Gasteiger partial charge in [-0.3, -0.25) is 4.79 Å². The van der Waals surface area contributed by atoms with Crippen LogP contribution in [0.2, 0.25) is 10.0 Å². The van der Waals surface area contributed by atoms with Gasteiger partial charge >= 0.3 is 5.97 Å². The number of halogens is 2. The zero-order chi connectivity index (χ0) is 17.5. The standard InChI is InChI=1S/C17H15Cl2NO3S/c18-14-2-1-3-15(19)13(14)9-24-10-16(21)20-8-11-4-6-12(7-5-11)17(22)23/h1-7H,8-10H2,(H,20,21)(H,22,23). The fourth-order valence-electron chi connectivity index (χ4n) is 1.93. The van der Waals surface area contributed by atoms with Gasteiger partial charge in [0.05, 0.1) is 11.3 Å². The number of benzene rings is 2. The van der Waals surface area contributed by atoms with Gasteiger partial charge in [0.1, 0.15) is 0 Å². The highest BCUT2D eigenvalue weighted by atomic mass is 35.5. The van der Waals surface area contributed by atoms with Crippen LogP contribution in [0.5, 0.6) is 0 Å². The van der Waals surface area contributed by atoms with Crippen LogP contribution in [0.25, 0.3) is 0 Å². The number of carboxylic acid groups (broad SMARTS) is 1. The van der Waals surface area contributed by atoms with Crippen molar-refractivity contribution in [2.45, 2.75) is 12.3 Å². The van der Waals surface area contributed by atoms with Gasteiger partial charge in [-0.2, -0.15) is 0 Å². The van der Waals surface area contributed by atoms with Gasteiger partial charge in [-0.15, -0.1) is 11.8 Å². The van der Waals surface area contributed by atoms with Gasteiger partial charge in [0, 0.05) is 22.3 Å². The number of rotatable bonds is 7. The Morgan fingerprint density at radius 3 is 2.25 bits per heavy atom. The molecule has 2 aromatic rings. The third-order valence-electron chi connectivity index (χ3n) is 3.23. The highest BCUT2D eigenvalue weighted by Crippen LogP contribution is 2.28. The average Bonchev–Trinajstić information content (AvgIpc) is 2.56. The van der Waals surface area contributed by atoms with Crippen molar-refractivity contribution in [1.29, 1.82) is 0 Å². The smallest absolute Gasteiger partial charge is 0.335 e. The molecule has 0 aromatic heterocycles. The van der Waals surface area contributed by atoms with E-state index in [1.807, 2.05) is 0 Å². The second kappa shape index (κ2) is 8.97. The van der Waals surface area contributed by atoms with Crippen molar-refractivity contribution in [1.82, 2.24) is 5.32 Å². The average molecular weight is 384 g/mol. The molecule has 0 aliphatic heterocycles. The Hall–Kier alpha value is -1.69. The van der Waals surface area contributed by atoms with Crippen LogP contribution in [0.4, 0.5) is 0 Å². The van der Waals surface area contributed by atoms with E-state index in [-0.39, 0.29) is 17.2 Å². The Bertz CT molecular complexity index is 715. The highest BCUT2D eigenvalue weighted by molar-refractivity contribution is 7.99. The Labute approximate surface area is 154 Å². The van der Waals surface area contributed by atoms with E-state index in [1.54, 1.807) is 30.3 Å². The molecule has 0 spiro atoms. The molecular formula is C17H15Cl2NO3S. The summed E-state index contributed by atoms with van der Waals surface area (Å²) in [6.45, 7) is 0.353. The molecule has 0 aliphatic carbocycles. The van der Waals surface area contributed by atoms with E-state index in [4.69, 9.17) is 28.3 Å². The lowest BCUT2D eigenvalue weighted by molar-refractivity contribution is -0.118. The number of nitrogens with one attached hydrogen (secondary N) is 1. The molecule has 0 saturated heterocycles. The van der Waals surface area contributed by atoms with E-state index < -0.39 is 5.97 Å². The lowest BCUT2D eigenvalue weighted by atomic mass is 10.1. The molecule has 0 fully saturated rings. The van der Waals surface area contributed by atoms with Crippen molar-refractivity contribution < 1.29 is 14.7 Å². The molecule has 0 heterocycles. The third-order valence-corrected chi connectivity index (χ3v) is 4.90. The van der Waals surface area contributed by atoms with Crippen molar-refractivity contribution in [3.63, 3.8) is 0 Å². The van der Waals surface area contributed by atoms with Crippen molar-refractivity contribution in [2.75, 3.05) is 5.75 Å². The molecular weight excluding hydrogens is 369 g/mol. The van der Waals surface area contributed by atoms with Gasteiger partial charge < -0.3 is 10.4 Å². The van der Waals surface area contributed by atoms with Crippen molar-refractivity contribution >= 4 is 46.8 Å². The van der Waals surface area contributed by atoms with Crippen LogP contribution in [0.3, 0.4) is 0 Å². The zero-order valence-corrected chi connectivity index (χ0v) is 14.9. The topological polar surface area (TPSA) is 66.4 Å². The first-order chi connectivity index (χ1) is 11.5. The van der Waals surface area contributed by atoms with Crippen molar-refractivity contribution in [2.24, 2.45) is 0 Å². The van der Waals surface area contributed by atoms with Gasteiger partial charge in [0.25, 0.3) is 0 Å². The molecule has 0 aliphatic rings. The van der Waals surface area contributed by atoms with E-state index in [0.29, 0.717) is 22.3 Å². The van der Waals surface area contributed by atoms with Crippen molar-refractivity contribution in [3.05, 3.63) is 69.2 Å². The molecule has 0 radical (unpaired) electrons. The molecule has 7 heteroatoms. The van der Waals surface area contributed by atoms with Gasteiger partial charge in [-0.1, -0.05) is 41.4 Å². The second-order valence-corrected chi connectivity index (χ2v) is 6.77. The summed E-state index contributed by atoms with van der Waals surface area (Å²) < 4.78 is 0. The lowest BCUT2D eigenvalue weighted by Gasteiger charge is -2.08. The van der Waals surface area contributed by atoms with E-state index in [0.717, 1.165) is 11.1 Å². The Morgan fingerprint density at radius 2 is 1.67 bits per heavy atom. The summed E-state index contributed by atoms with van der Waals surface area (Å²) in [4.78, 5) is 22.6. The van der Waals surface area contributed by atoms with Crippen LogP contribution < -0.4 is 5.32 Å². The summed E-state index contributed by atoms with van der Waals surface area (Å²) in [6, 6.07) is 11.7. The maximum atomic E-state index is 11.9. The minimum Gasteiger partial charge on any atom is -0.478 e. The molecule has 2 rings (SSSR count). The van der Waals surface area contributed by atoms with Crippen LogP contribution in [-0.2, 0) is 17.1 Å².